The molecule has 3 rings (SSSR count). The van der Waals surface area contributed by atoms with E-state index in [1.807, 2.05) is 6.08 Å². The van der Waals surface area contributed by atoms with Crippen molar-refractivity contribution in [1.29, 1.82) is 0 Å². The van der Waals surface area contributed by atoms with Gasteiger partial charge in [0, 0.05) is 0 Å². The van der Waals surface area contributed by atoms with Gasteiger partial charge in [0.2, 0.25) is 0 Å². The van der Waals surface area contributed by atoms with Gasteiger partial charge in [0.25, 0.3) is 0 Å². The van der Waals surface area contributed by atoms with Crippen molar-refractivity contribution >= 4 is 0 Å². The van der Waals surface area contributed by atoms with Crippen LogP contribution < -0.4 is 0 Å². The fourth-order valence-corrected chi connectivity index (χ4v) is 3.88. The first-order valence-electron chi connectivity index (χ1n) is 9.72. The fourth-order valence-electron chi connectivity index (χ4n) is 3.88. The van der Waals surface area contributed by atoms with E-state index in [1.54, 1.807) is 0 Å². The molecule has 0 N–H and O–H groups in total. The molecule has 0 spiro atoms. The molecule has 0 heterocycles. The van der Waals surface area contributed by atoms with E-state index >= 15 is 0 Å². The second-order valence-corrected chi connectivity index (χ2v) is 7.19. The fraction of sp³-hybridized carbons (Fsp3) is 0.417. The smallest absolute Gasteiger partial charge is 0.0928 e. The first-order valence-corrected chi connectivity index (χ1v) is 9.72. The maximum Gasteiger partial charge on any atom is 0.0928 e. The van der Waals surface area contributed by atoms with Crippen molar-refractivity contribution in [2.45, 2.75) is 51.4 Å². The summed E-state index contributed by atoms with van der Waals surface area (Å²) in [6, 6.07) is 18.1. The molecule has 2 aromatic carbocycles. The van der Waals surface area contributed by atoms with Crippen molar-refractivity contribution in [3.05, 3.63) is 71.8 Å². The molecule has 1 heteroatoms. The van der Waals surface area contributed by atoms with Crippen LogP contribution in [-0.2, 0) is 6.42 Å². The molecule has 2 aromatic rings. The number of halogens is 1. The molecule has 25 heavy (non-hydrogen) atoms. The van der Waals surface area contributed by atoms with Gasteiger partial charge in [0.05, 0.1) is 6.67 Å². The molecule has 0 amide bonds. The van der Waals surface area contributed by atoms with Gasteiger partial charge in [-0.2, -0.15) is 0 Å². The summed E-state index contributed by atoms with van der Waals surface area (Å²) >= 11 is 0. The van der Waals surface area contributed by atoms with Crippen LogP contribution in [0.25, 0.3) is 11.1 Å². The van der Waals surface area contributed by atoms with Gasteiger partial charge in [0.1, 0.15) is 0 Å². The Morgan fingerprint density at radius 2 is 1.48 bits per heavy atom. The second kappa shape index (κ2) is 8.99. The topological polar surface area (TPSA) is 0 Å². The van der Waals surface area contributed by atoms with Crippen LogP contribution >= 0.6 is 0 Å². The SMILES string of the molecule is CCc1ccc(-c2ccc(C3CCC(C=CCCF)CC3)cc2)cc1. The predicted octanol–water partition coefficient (Wildman–Crippen LogP) is 7.11. The number of hydrogen-bond acceptors (Lipinski definition) is 0. The minimum Gasteiger partial charge on any atom is -0.251 e. The van der Waals surface area contributed by atoms with Crippen molar-refractivity contribution < 1.29 is 4.39 Å². The highest BCUT2D eigenvalue weighted by Gasteiger charge is 2.20. The van der Waals surface area contributed by atoms with Gasteiger partial charge in [-0.3, -0.25) is 4.39 Å². The molecule has 1 fully saturated rings. The van der Waals surface area contributed by atoms with Gasteiger partial charge < -0.3 is 0 Å². The van der Waals surface area contributed by atoms with E-state index in [1.165, 1.54) is 47.9 Å². The van der Waals surface area contributed by atoms with E-state index in [0.717, 1.165) is 6.42 Å². The number of alkyl halides is 1. The van der Waals surface area contributed by atoms with Gasteiger partial charge in [-0.25, -0.2) is 0 Å². The molecule has 0 saturated heterocycles. The third kappa shape index (κ3) is 4.81. The molecular formula is C24H29F. The molecule has 0 radical (unpaired) electrons. The summed E-state index contributed by atoms with van der Waals surface area (Å²) < 4.78 is 12.2. The van der Waals surface area contributed by atoms with E-state index in [0.29, 0.717) is 18.3 Å². The van der Waals surface area contributed by atoms with E-state index in [4.69, 9.17) is 0 Å². The van der Waals surface area contributed by atoms with Gasteiger partial charge in [-0.15, -0.1) is 0 Å². The Hall–Kier alpha value is -1.89. The summed E-state index contributed by atoms with van der Waals surface area (Å²) in [6.45, 7) is 1.95. The molecule has 0 atom stereocenters. The summed E-state index contributed by atoms with van der Waals surface area (Å²) in [4.78, 5) is 0. The third-order valence-electron chi connectivity index (χ3n) is 5.53. The average Bonchev–Trinajstić information content (AvgIpc) is 2.69. The Morgan fingerprint density at radius 3 is 2.04 bits per heavy atom. The zero-order valence-electron chi connectivity index (χ0n) is 15.3. The Bertz CT molecular complexity index is 658. The lowest BCUT2D eigenvalue weighted by Gasteiger charge is -2.27. The van der Waals surface area contributed by atoms with Crippen LogP contribution in [0.2, 0.25) is 0 Å². The normalized spacial score (nSPS) is 20.9. The first kappa shape index (κ1) is 17.9. The maximum atomic E-state index is 12.2. The van der Waals surface area contributed by atoms with Crippen molar-refractivity contribution in [1.82, 2.24) is 0 Å². The lowest BCUT2D eigenvalue weighted by Crippen LogP contribution is -2.11. The molecular weight excluding hydrogens is 307 g/mol. The van der Waals surface area contributed by atoms with Crippen molar-refractivity contribution in [2.75, 3.05) is 6.67 Å². The van der Waals surface area contributed by atoms with E-state index in [2.05, 4.69) is 61.5 Å². The first-order chi connectivity index (χ1) is 12.3. The largest absolute Gasteiger partial charge is 0.251 e. The van der Waals surface area contributed by atoms with E-state index < -0.39 is 0 Å². The molecule has 1 aliphatic rings. The minimum atomic E-state index is -0.237. The third-order valence-corrected chi connectivity index (χ3v) is 5.53. The summed E-state index contributed by atoms with van der Waals surface area (Å²) in [5.41, 5.74) is 5.46. The lowest BCUT2D eigenvalue weighted by atomic mass is 9.78. The average molecular weight is 336 g/mol. The molecule has 0 aromatic heterocycles. The van der Waals surface area contributed by atoms with E-state index in [9.17, 15) is 4.39 Å². The highest BCUT2D eigenvalue weighted by atomic mass is 19.1. The summed E-state index contributed by atoms with van der Waals surface area (Å²) in [5.74, 6) is 1.33. The van der Waals surface area contributed by atoms with Crippen LogP contribution in [0.5, 0.6) is 0 Å². The molecule has 0 bridgehead atoms. The highest BCUT2D eigenvalue weighted by molar-refractivity contribution is 5.64. The van der Waals surface area contributed by atoms with Crippen LogP contribution in [0.3, 0.4) is 0 Å². The Kier molecular flexibility index (Phi) is 6.44. The van der Waals surface area contributed by atoms with Gasteiger partial charge in [-0.1, -0.05) is 67.6 Å². The molecule has 1 aliphatic carbocycles. The standard InChI is InChI=1S/C24H29F/c1-2-19-6-10-21(11-7-19)23-14-16-24(17-15-23)22-12-8-20(9-13-22)5-3-4-18-25/h3,5-7,10-11,14-17,20,22H,2,4,8-9,12-13,18H2,1H3. The van der Waals surface area contributed by atoms with Crippen LogP contribution in [0, 0.1) is 5.92 Å². The lowest BCUT2D eigenvalue weighted by molar-refractivity contribution is 0.375. The monoisotopic (exact) mass is 336 g/mol. The van der Waals surface area contributed by atoms with Crippen molar-refractivity contribution in [2.24, 2.45) is 5.92 Å². The van der Waals surface area contributed by atoms with Crippen LogP contribution in [0.15, 0.2) is 60.7 Å². The Morgan fingerprint density at radius 1 is 0.880 bits per heavy atom. The van der Waals surface area contributed by atoms with Gasteiger partial charge >= 0.3 is 0 Å². The molecule has 1 saturated carbocycles. The van der Waals surface area contributed by atoms with Crippen molar-refractivity contribution in [3.63, 3.8) is 0 Å². The van der Waals surface area contributed by atoms with E-state index in [-0.39, 0.29) is 6.67 Å². The van der Waals surface area contributed by atoms with Crippen molar-refractivity contribution in [3.8, 4) is 11.1 Å². The number of hydrogen-bond donors (Lipinski definition) is 0. The number of aryl methyl sites for hydroxylation is 1. The van der Waals surface area contributed by atoms with Gasteiger partial charge in [0.15, 0.2) is 0 Å². The van der Waals surface area contributed by atoms with Gasteiger partial charge in [-0.05, 0) is 72.6 Å². The molecule has 132 valence electrons. The van der Waals surface area contributed by atoms with Crippen LogP contribution in [0.4, 0.5) is 4.39 Å². The summed E-state index contributed by atoms with van der Waals surface area (Å²) in [6.07, 6.45) is 10.9. The number of allylic oxidation sites excluding steroid dienone is 2. The molecule has 0 unspecified atom stereocenters. The minimum absolute atomic E-state index is 0.237. The van der Waals surface area contributed by atoms with Crippen LogP contribution in [-0.4, -0.2) is 6.67 Å². The zero-order valence-corrected chi connectivity index (χ0v) is 15.3. The summed E-state index contributed by atoms with van der Waals surface area (Å²) in [7, 11) is 0. The number of benzene rings is 2. The predicted molar refractivity (Wildman–Crippen MR) is 106 cm³/mol. The Labute approximate surface area is 151 Å². The van der Waals surface area contributed by atoms with Crippen LogP contribution in [0.1, 0.15) is 56.1 Å². The quantitative estimate of drug-likeness (QED) is 0.493. The second-order valence-electron chi connectivity index (χ2n) is 7.19. The summed E-state index contributed by atoms with van der Waals surface area (Å²) in [5, 5.41) is 0. The Balaban J connectivity index is 1.59. The zero-order chi connectivity index (χ0) is 17.5. The molecule has 0 nitrogen and oxygen atoms in total. The highest BCUT2D eigenvalue weighted by Crippen LogP contribution is 2.37. The number of rotatable bonds is 6. The molecule has 0 aliphatic heterocycles. The maximum absolute atomic E-state index is 12.2.